The Morgan fingerprint density at radius 2 is 1.88 bits per heavy atom. The van der Waals surface area contributed by atoms with Gasteiger partial charge in [-0.25, -0.2) is 0 Å². The molecule has 2 amide bonds. The molecule has 0 saturated carbocycles. The third-order valence-corrected chi connectivity index (χ3v) is 3.16. The average Bonchev–Trinajstić information content (AvgIpc) is 2.63. The molecule has 0 unspecified atom stereocenters. The summed E-state index contributed by atoms with van der Waals surface area (Å²) in [5, 5.41) is 0. The summed E-state index contributed by atoms with van der Waals surface area (Å²) in [5.41, 5.74) is 5.99. The third kappa shape index (κ3) is 5.69. The van der Waals surface area contributed by atoms with E-state index in [1.165, 1.54) is 0 Å². The fourth-order valence-electron chi connectivity index (χ4n) is 2.01. The van der Waals surface area contributed by atoms with Crippen LogP contribution in [0.4, 0.5) is 0 Å². The highest BCUT2D eigenvalue weighted by Gasteiger charge is 2.13. The number of carbonyl (C=O) groups is 2. The minimum absolute atomic E-state index is 0.210. The van der Waals surface area contributed by atoms with Crippen LogP contribution in [0, 0.1) is 6.92 Å². The van der Waals surface area contributed by atoms with Gasteiger partial charge in [0.05, 0.1) is 5.56 Å². The van der Waals surface area contributed by atoms with Crippen molar-refractivity contribution in [1.82, 2.24) is 10.9 Å². The molecule has 0 aliphatic heterocycles. The number of rotatable bonds is 7. The van der Waals surface area contributed by atoms with Crippen molar-refractivity contribution < 1.29 is 19.1 Å². The van der Waals surface area contributed by atoms with Gasteiger partial charge in [-0.2, -0.15) is 0 Å². The van der Waals surface area contributed by atoms with Gasteiger partial charge in [-0.1, -0.05) is 36.9 Å². The van der Waals surface area contributed by atoms with Gasteiger partial charge < -0.3 is 9.47 Å². The fraction of sp³-hybridized carbons (Fsp3) is 0.158. The second-order valence-corrected chi connectivity index (χ2v) is 5.20. The highest BCUT2D eigenvalue weighted by molar-refractivity contribution is 5.97. The molecule has 130 valence electrons. The Morgan fingerprint density at radius 3 is 2.64 bits per heavy atom. The van der Waals surface area contributed by atoms with E-state index in [1.54, 1.807) is 36.4 Å². The fourth-order valence-corrected chi connectivity index (χ4v) is 2.01. The van der Waals surface area contributed by atoms with Crippen LogP contribution >= 0.6 is 0 Å². The zero-order valence-corrected chi connectivity index (χ0v) is 14.0. The molecular weight excluding hydrogens is 320 g/mol. The SMILES string of the molecule is C=CCOc1ccccc1C(=O)NNC(=O)COc1cccc(C)c1. The first-order valence-corrected chi connectivity index (χ1v) is 7.71. The van der Waals surface area contributed by atoms with Gasteiger partial charge in [0.1, 0.15) is 18.1 Å². The minimum Gasteiger partial charge on any atom is -0.489 e. The van der Waals surface area contributed by atoms with Crippen LogP contribution in [0.2, 0.25) is 0 Å². The second-order valence-electron chi connectivity index (χ2n) is 5.20. The minimum atomic E-state index is -0.483. The molecule has 0 saturated heterocycles. The van der Waals surface area contributed by atoms with Gasteiger partial charge in [0.25, 0.3) is 11.8 Å². The smallest absolute Gasteiger partial charge is 0.276 e. The van der Waals surface area contributed by atoms with E-state index in [2.05, 4.69) is 17.4 Å². The van der Waals surface area contributed by atoms with E-state index < -0.39 is 11.8 Å². The van der Waals surface area contributed by atoms with Crippen molar-refractivity contribution in [1.29, 1.82) is 0 Å². The lowest BCUT2D eigenvalue weighted by atomic mass is 10.2. The number of amides is 2. The topological polar surface area (TPSA) is 76.7 Å². The van der Waals surface area contributed by atoms with Gasteiger partial charge in [0, 0.05) is 0 Å². The number of aryl methyl sites for hydroxylation is 1. The number of para-hydroxylation sites is 1. The van der Waals surface area contributed by atoms with E-state index in [9.17, 15) is 9.59 Å². The van der Waals surface area contributed by atoms with Crippen molar-refractivity contribution in [2.24, 2.45) is 0 Å². The molecule has 0 aliphatic carbocycles. The largest absolute Gasteiger partial charge is 0.489 e. The predicted molar refractivity (Wildman–Crippen MR) is 94.4 cm³/mol. The van der Waals surface area contributed by atoms with Crippen LogP contribution in [0.5, 0.6) is 11.5 Å². The summed E-state index contributed by atoms with van der Waals surface area (Å²) >= 11 is 0. The lowest BCUT2D eigenvalue weighted by molar-refractivity contribution is -0.123. The number of hydrogen-bond acceptors (Lipinski definition) is 4. The average molecular weight is 340 g/mol. The van der Waals surface area contributed by atoms with Gasteiger partial charge in [-0.3, -0.25) is 20.4 Å². The molecule has 25 heavy (non-hydrogen) atoms. The maximum Gasteiger partial charge on any atom is 0.276 e. The number of nitrogens with one attached hydrogen (secondary N) is 2. The zero-order valence-electron chi connectivity index (χ0n) is 14.0. The monoisotopic (exact) mass is 340 g/mol. The highest BCUT2D eigenvalue weighted by Crippen LogP contribution is 2.17. The Bertz CT molecular complexity index is 759. The van der Waals surface area contributed by atoms with Crippen LogP contribution in [0.25, 0.3) is 0 Å². The molecule has 6 nitrogen and oxygen atoms in total. The number of hydrazine groups is 1. The number of carbonyl (C=O) groups excluding carboxylic acids is 2. The molecule has 6 heteroatoms. The molecule has 2 aromatic carbocycles. The molecular formula is C19H20N2O4. The van der Waals surface area contributed by atoms with Crippen molar-refractivity contribution in [3.05, 3.63) is 72.3 Å². The lowest BCUT2D eigenvalue weighted by Gasteiger charge is -2.12. The van der Waals surface area contributed by atoms with Crippen LogP contribution in [0.3, 0.4) is 0 Å². The molecule has 0 atom stereocenters. The Morgan fingerprint density at radius 1 is 1.08 bits per heavy atom. The van der Waals surface area contributed by atoms with Gasteiger partial charge in [-0.15, -0.1) is 0 Å². The standard InChI is InChI=1S/C19H20N2O4/c1-3-11-24-17-10-5-4-9-16(17)19(23)21-20-18(22)13-25-15-8-6-7-14(2)12-15/h3-10,12H,1,11,13H2,2H3,(H,20,22)(H,21,23). The summed E-state index contributed by atoms with van der Waals surface area (Å²) in [5.74, 6) is 0.0396. The van der Waals surface area contributed by atoms with Crippen LogP contribution in [-0.2, 0) is 4.79 Å². The van der Waals surface area contributed by atoms with Gasteiger partial charge in [0.15, 0.2) is 6.61 Å². The van der Waals surface area contributed by atoms with E-state index in [0.29, 0.717) is 17.1 Å². The van der Waals surface area contributed by atoms with Crippen molar-refractivity contribution in [2.75, 3.05) is 13.2 Å². The van der Waals surface area contributed by atoms with Crippen molar-refractivity contribution in [3.63, 3.8) is 0 Å². The van der Waals surface area contributed by atoms with E-state index >= 15 is 0 Å². The Labute approximate surface area is 146 Å². The molecule has 0 radical (unpaired) electrons. The van der Waals surface area contributed by atoms with Crippen LogP contribution < -0.4 is 20.3 Å². The summed E-state index contributed by atoms with van der Waals surface area (Å²) in [6.45, 7) is 5.56. The molecule has 2 N–H and O–H groups in total. The molecule has 0 bridgehead atoms. The van der Waals surface area contributed by atoms with E-state index in [4.69, 9.17) is 9.47 Å². The van der Waals surface area contributed by atoms with E-state index in [1.807, 2.05) is 25.1 Å². The van der Waals surface area contributed by atoms with E-state index in [0.717, 1.165) is 5.56 Å². The quantitative estimate of drug-likeness (QED) is 0.599. The molecule has 2 aromatic rings. The van der Waals surface area contributed by atoms with E-state index in [-0.39, 0.29) is 13.2 Å². The summed E-state index contributed by atoms with van der Waals surface area (Å²) in [6, 6.07) is 14.1. The third-order valence-electron chi connectivity index (χ3n) is 3.16. The van der Waals surface area contributed by atoms with Crippen LogP contribution in [-0.4, -0.2) is 25.0 Å². The maximum absolute atomic E-state index is 12.2. The van der Waals surface area contributed by atoms with Crippen LogP contribution in [0.15, 0.2) is 61.2 Å². The molecule has 0 aliphatic rings. The number of benzene rings is 2. The van der Waals surface area contributed by atoms with Gasteiger partial charge in [-0.05, 0) is 36.8 Å². The molecule has 0 aromatic heterocycles. The van der Waals surface area contributed by atoms with Crippen LogP contribution in [0.1, 0.15) is 15.9 Å². The summed E-state index contributed by atoms with van der Waals surface area (Å²) < 4.78 is 10.8. The molecule has 2 rings (SSSR count). The maximum atomic E-state index is 12.2. The van der Waals surface area contributed by atoms with Crippen molar-refractivity contribution in [3.8, 4) is 11.5 Å². The summed E-state index contributed by atoms with van der Waals surface area (Å²) in [7, 11) is 0. The first kappa shape index (κ1) is 18.1. The Balaban J connectivity index is 1.85. The lowest BCUT2D eigenvalue weighted by Crippen LogP contribution is -2.43. The zero-order chi connectivity index (χ0) is 18.1. The Hall–Kier alpha value is -3.28. The number of ether oxygens (including phenoxy) is 2. The normalized spacial score (nSPS) is 9.80. The van der Waals surface area contributed by atoms with Gasteiger partial charge in [0.2, 0.25) is 0 Å². The molecule has 0 spiro atoms. The second kappa shape index (κ2) is 9.12. The molecule has 0 fully saturated rings. The van der Waals surface area contributed by atoms with Gasteiger partial charge >= 0.3 is 0 Å². The van der Waals surface area contributed by atoms with Crippen molar-refractivity contribution in [2.45, 2.75) is 6.92 Å². The Kier molecular flexibility index (Phi) is 6.59. The summed E-state index contributed by atoms with van der Waals surface area (Å²) in [4.78, 5) is 24.0. The highest BCUT2D eigenvalue weighted by atomic mass is 16.5. The first-order valence-electron chi connectivity index (χ1n) is 7.71. The van der Waals surface area contributed by atoms with Crippen molar-refractivity contribution >= 4 is 11.8 Å². The summed E-state index contributed by atoms with van der Waals surface area (Å²) in [6.07, 6.45) is 1.58. The predicted octanol–water partition coefficient (Wildman–Crippen LogP) is 2.40. The first-order chi connectivity index (χ1) is 12.1. The number of hydrogen-bond donors (Lipinski definition) is 2. The molecule has 0 heterocycles.